The predicted molar refractivity (Wildman–Crippen MR) is 567 cm³/mol. The van der Waals surface area contributed by atoms with E-state index in [1.807, 2.05) is 80.2 Å². The summed E-state index contributed by atoms with van der Waals surface area (Å²) in [6.45, 7) is 79.4. The van der Waals surface area contributed by atoms with E-state index in [2.05, 4.69) is 147 Å². The van der Waals surface area contributed by atoms with Crippen LogP contribution in [0.25, 0.3) is 0 Å². The van der Waals surface area contributed by atoms with Crippen LogP contribution in [-0.4, -0.2) is 327 Å². The molecular weight excluding hydrogens is 1870 g/mol. The zero-order valence-electron chi connectivity index (χ0n) is 79.7. The molecule has 0 amide bonds. The molecule has 0 aliphatic heterocycles. The molecule has 0 heterocycles. The van der Waals surface area contributed by atoms with Gasteiger partial charge in [0.2, 0.25) is 0 Å². The van der Waals surface area contributed by atoms with Crippen molar-refractivity contribution in [2.45, 2.75) is 179 Å². The highest BCUT2D eigenvalue weighted by molar-refractivity contribution is 7.87. The van der Waals surface area contributed by atoms with Crippen LogP contribution in [0.3, 0.4) is 0 Å². The summed E-state index contributed by atoms with van der Waals surface area (Å²) in [4.78, 5) is 21.7. The molecule has 0 unspecified atom stereocenters. The van der Waals surface area contributed by atoms with Gasteiger partial charge in [0.15, 0.2) is 0 Å². The summed E-state index contributed by atoms with van der Waals surface area (Å²) in [7, 11) is -18.0. The van der Waals surface area contributed by atoms with Gasteiger partial charge in [-0.3, -0.25) is 30.5 Å². The van der Waals surface area contributed by atoms with Crippen LogP contribution in [0.4, 0.5) is 0 Å². The Hall–Kier alpha value is -2.31. The third kappa shape index (κ3) is 187. The molecule has 0 aromatic heterocycles. The molecule has 0 saturated heterocycles. The molecule has 0 N–H and O–H groups in total. The standard InChI is InChI=1S/2C8H16O2Si.C7H16O3SSi.2C7H16OSi.2C6H14O3SSi.2C6H14OSi.C5H12O3SSi.C5H12OSi.C4H10O3SSi.C4H10OSi/c1-4-11-6-10-8(9)5-7(2)3;1-3-5-6-8(9)10-7-11-4-2;1-3-5-6-11(8,9)10-7-12-4-2;1-4-9-6-8-5-7(2)3;1-3-5-6-8-7-9-4-2;1-4-11-5-9-10(7,8)6(2)3;1-3-5-10(7,8)9-6-11-4-2;1-4-8-5-7-6(2)3;1-3-5-7-6-8-4-2;1-3-9(6,7)8-5-10-4-2;1-3-6-5-7-4-2;1-3-9-4-7-8(2,5)6;1-3-6-4-5-2/h4,7H,1,5-6,11H2,2-3H3;4H,2-3,5-7,11H2,1H3;4H,2-3,5-7,12H2,1H3;4,7H,1,5-6,9H2,2-3H3;4H,2-3,5-7,9H2,1H3;4,6H,1,5,11H2,2-3H3;4H,2-3,5-6,11H2,1H3;4,6H,1,5,8H2,2-3H3;4H,2-3,5-6,8H2,1H3;4H,2-3,5,10H2,1H3;4H,2-3,5,7H2,1H3;3H,1,4,9H2,2H3;3H,1,4,6H2,2H3. The number of esters is 2. The van der Waals surface area contributed by atoms with Crippen molar-refractivity contribution in [1.29, 1.82) is 0 Å². The minimum Gasteiger partial charge on any atom is -0.470 e. The quantitative estimate of drug-likeness (QED) is 0.0345. The second-order valence-corrected chi connectivity index (χ2v) is 56.0. The summed E-state index contributed by atoms with van der Waals surface area (Å²) < 4.78 is 172. The molecule has 0 saturated carbocycles. The van der Waals surface area contributed by atoms with Crippen LogP contribution in [-0.2, 0) is 119 Å². The molecule has 0 bridgehead atoms. The molecule has 0 rings (SSSR count). The monoisotopic (exact) mass is 2050 g/mol. The van der Waals surface area contributed by atoms with Crippen LogP contribution in [0.15, 0.2) is 160 Å². The van der Waals surface area contributed by atoms with Gasteiger partial charge >= 0.3 is 11.9 Å². The first-order valence-electron chi connectivity index (χ1n) is 42.6. The van der Waals surface area contributed by atoms with Gasteiger partial charge in [-0.2, -0.15) is 42.1 Å². The van der Waals surface area contributed by atoms with Crippen LogP contribution >= 0.6 is 0 Å². The van der Waals surface area contributed by atoms with Gasteiger partial charge in [0.05, 0.1) is 202 Å². The maximum atomic E-state index is 11.0. The van der Waals surface area contributed by atoms with Gasteiger partial charge in [-0.05, 0) is 85.5 Å². The molecule has 0 aromatic rings. The molecule has 0 atom stereocenters. The number of ether oxygens (including phenoxy) is 8. The Bertz CT molecular complexity index is 2950. The summed E-state index contributed by atoms with van der Waals surface area (Å²) in [6.07, 6.45) is 19.0. The van der Waals surface area contributed by atoms with Crippen molar-refractivity contribution in [2.75, 3.05) is 138 Å². The predicted octanol–water partition coefficient (Wildman–Crippen LogP) is 4.68. The lowest BCUT2D eigenvalue weighted by Gasteiger charge is -2.05. The minimum absolute atomic E-state index is 0.0367. The van der Waals surface area contributed by atoms with Crippen LogP contribution in [0.1, 0.15) is 168 Å². The Kier molecular flexibility index (Phi) is 152. The fourth-order valence-electron chi connectivity index (χ4n) is 5.82. The van der Waals surface area contributed by atoms with E-state index in [4.69, 9.17) is 46.3 Å². The Balaban J connectivity index is -0.0000000962. The molecule has 0 aliphatic rings. The molecular formula is C79H180O25S5Si13. The second kappa shape index (κ2) is 125. The van der Waals surface area contributed by atoms with Crippen molar-refractivity contribution in [3.8, 4) is 0 Å². The van der Waals surface area contributed by atoms with Crippen molar-refractivity contribution in [2.24, 2.45) is 11.8 Å². The van der Waals surface area contributed by atoms with E-state index in [0.717, 1.165) is 95.7 Å². The fourth-order valence-corrected chi connectivity index (χ4v) is 20.0. The van der Waals surface area contributed by atoms with Gasteiger partial charge in [-0.1, -0.05) is 81.6 Å². The molecule has 25 nitrogen and oxygen atoms in total. The van der Waals surface area contributed by atoms with Crippen molar-refractivity contribution in [1.82, 2.24) is 0 Å². The lowest BCUT2D eigenvalue weighted by atomic mass is 10.1. The number of carbonyl (C=O) groups excluding carboxylic acids is 2. The lowest BCUT2D eigenvalue weighted by Crippen LogP contribution is -2.19. The van der Waals surface area contributed by atoms with Crippen LogP contribution in [0.2, 0.25) is 0 Å². The van der Waals surface area contributed by atoms with Crippen molar-refractivity contribution >= 4 is 186 Å². The molecule has 122 heavy (non-hydrogen) atoms. The van der Waals surface area contributed by atoms with E-state index < -0.39 is 103 Å². The third-order valence-electron chi connectivity index (χ3n) is 12.4. The van der Waals surface area contributed by atoms with Gasteiger partial charge in [-0.25, -0.2) is 0 Å². The van der Waals surface area contributed by atoms with E-state index >= 15 is 0 Å². The molecule has 0 aromatic carbocycles. The molecule has 0 fully saturated rings. The first-order valence-corrected chi connectivity index (χ1v) is 74.2. The highest BCUT2D eigenvalue weighted by atomic mass is 32.2. The van der Waals surface area contributed by atoms with Gasteiger partial charge < -0.3 is 37.9 Å². The van der Waals surface area contributed by atoms with Crippen molar-refractivity contribution in [3.05, 3.63) is 160 Å². The largest absolute Gasteiger partial charge is 0.470 e. The van der Waals surface area contributed by atoms with E-state index in [-0.39, 0.29) is 105 Å². The van der Waals surface area contributed by atoms with E-state index in [1.54, 1.807) is 56.4 Å². The average molecular weight is 2060 g/mol. The van der Waals surface area contributed by atoms with Gasteiger partial charge in [0.1, 0.15) is 0 Å². The maximum Gasteiger partial charge on any atom is 0.305 e. The number of methoxy groups -OCH3 is 1. The van der Waals surface area contributed by atoms with Crippen molar-refractivity contribution < 1.29 is 110 Å². The van der Waals surface area contributed by atoms with Crippen molar-refractivity contribution in [3.63, 3.8) is 0 Å². The summed E-state index contributed by atoms with van der Waals surface area (Å²) in [5.74, 6) is 1.26. The summed E-state index contributed by atoms with van der Waals surface area (Å²) in [6, 6.07) is 0. The Morgan fingerprint density at radius 3 is 1.00 bits per heavy atom. The van der Waals surface area contributed by atoms with Crippen LogP contribution in [0, 0.1) is 11.8 Å². The van der Waals surface area contributed by atoms with Gasteiger partial charge in [0.25, 0.3) is 50.6 Å². The molecule has 728 valence electrons. The normalized spacial score (nSPS) is 11.5. The Morgan fingerprint density at radius 1 is 0.336 bits per heavy atom. The number of hydrogen-bond donors (Lipinski definition) is 0. The van der Waals surface area contributed by atoms with E-state index in [0.29, 0.717) is 87.2 Å². The second-order valence-electron chi connectivity index (χ2n) is 26.4. The first-order chi connectivity index (χ1) is 57.6. The zero-order chi connectivity index (χ0) is 96.8. The highest BCUT2D eigenvalue weighted by Crippen LogP contribution is 2.03. The lowest BCUT2D eigenvalue weighted by molar-refractivity contribution is -0.143. The van der Waals surface area contributed by atoms with Crippen LogP contribution < -0.4 is 0 Å². The molecule has 0 aliphatic carbocycles. The smallest absolute Gasteiger partial charge is 0.305 e. The summed E-state index contributed by atoms with van der Waals surface area (Å²) in [5, 5.41) is -0.443. The Labute approximate surface area is 779 Å². The minimum atomic E-state index is -3.28. The van der Waals surface area contributed by atoms with E-state index in [1.165, 1.54) is 12.8 Å². The maximum absolute atomic E-state index is 11.0. The fraction of sp³-hybridized carbons (Fsp3) is 0.646. The zero-order valence-corrected chi connectivity index (χ0v) is 102. The SMILES string of the molecule is C=C[SiH2]COC.C=C[SiH2]COC(=O)CC(C)C.C=C[SiH2]COC(=O)CCCC.C=C[SiH2]COC(C)C.C=C[SiH2]COCC.C=C[SiH2]COCC(C)C.C=C[SiH2]COCCC.C=C[SiH2]COCCCC.C=C[SiH2]COS(=O)(=O)C(C)C.C=C[SiH2]COS(=O)(=O)CC.C=C[SiH2]COS(=O)(=O)CCC.C=C[SiH2]COS(=O)(=O)CCCC.C=C[SiH2]COS(C)(=O)=O. The summed E-state index contributed by atoms with van der Waals surface area (Å²) in [5.41, 5.74) is 24.6. The average Bonchev–Trinajstić information content (AvgIpc) is 0.913. The van der Waals surface area contributed by atoms with Gasteiger partial charge in [-0.15, -0.1) is 160 Å². The third-order valence-corrected chi connectivity index (χ3v) is 31.7. The van der Waals surface area contributed by atoms with E-state index in [9.17, 15) is 51.7 Å². The number of rotatable bonds is 65. The Morgan fingerprint density at radius 2 is 0.672 bits per heavy atom. The molecule has 0 spiro atoms. The van der Waals surface area contributed by atoms with Gasteiger partial charge in [0, 0.05) is 83.8 Å². The number of carbonyl (C=O) groups is 2. The molecule has 0 radical (unpaired) electrons. The summed E-state index contributed by atoms with van der Waals surface area (Å²) >= 11 is 0. The topological polar surface area (TPSA) is 325 Å². The molecule has 43 heteroatoms. The number of unbranched alkanes of at least 4 members (excludes halogenated alkanes) is 3. The first kappa shape index (κ1) is 148. The number of hydrogen-bond acceptors (Lipinski definition) is 25. The van der Waals surface area contributed by atoms with Crippen LogP contribution in [0.5, 0.6) is 0 Å². The highest BCUT2D eigenvalue weighted by Gasteiger charge is 2.16.